The number of anilines is 2. The van der Waals surface area contributed by atoms with E-state index in [1.165, 1.54) is 7.11 Å². The third kappa shape index (κ3) is 5.10. The number of nitriles is 1. The van der Waals surface area contributed by atoms with Crippen molar-refractivity contribution < 1.29 is 14.2 Å². The zero-order chi connectivity index (χ0) is 24.2. The van der Waals surface area contributed by atoms with Crippen molar-refractivity contribution in [3.8, 4) is 23.4 Å². The Hall–Kier alpha value is -2.92. The van der Waals surface area contributed by atoms with Crippen LogP contribution >= 0.6 is 23.2 Å². The van der Waals surface area contributed by atoms with Crippen LogP contribution in [-0.4, -0.2) is 50.8 Å². The molecule has 0 spiro atoms. The van der Waals surface area contributed by atoms with Gasteiger partial charge in [0, 0.05) is 11.5 Å². The fraction of sp³-hybridized carbons (Fsp3) is 0.360. The van der Waals surface area contributed by atoms with Gasteiger partial charge in [0.05, 0.1) is 47.8 Å². The van der Waals surface area contributed by atoms with Crippen LogP contribution < -0.4 is 19.5 Å². The Morgan fingerprint density at radius 1 is 1.12 bits per heavy atom. The lowest BCUT2D eigenvalue weighted by atomic mass is 9.98. The van der Waals surface area contributed by atoms with Crippen molar-refractivity contribution in [3.05, 3.63) is 45.9 Å². The molecule has 3 aromatic rings. The van der Waals surface area contributed by atoms with Gasteiger partial charge in [0.2, 0.25) is 5.88 Å². The molecule has 2 heterocycles. The maximum Gasteiger partial charge on any atom is 0.234 e. The fourth-order valence-electron chi connectivity index (χ4n) is 4.03. The monoisotopic (exact) mass is 500 g/mol. The van der Waals surface area contributed by atoms with Gasteiger partial charge in [-0.1, -0.05) is 23.2 Å². The van der Waals surface area contributed by atoms with Crippen molar-refractivity contribution in [2.24, 2.45) is 5.92 Å². The first-order valence-electron chi connectivity index (χ1n) is 11.0. The summed E-state index contributed by atoms with van der Waals surface area (Å²) in [5.41, 5.74) is 2.02. The molecule has 1 aliphatic rings. The summed E-state index contributed by atoms with van der Waals surface area (Å²) in [6.07, 6.45) is 2.10. The lowest BCUT2D eigenvalue weighted by Crippen LogP contribution is -2.32. The molecule has 0 unspecified atom stereocenters. The summed E-state index contributed by atoms with van der Waals surface area (Å²) >= 11 is 12.7. The van der Waals surface area contributed by atoms with Crippen LogP contribution in [0.25, 0.3) is 10.9 Å². The second-order valence-corrected chi connectivity index (χ2v) is 9.13. The third-order valence-electron chi connectivity index (χ3n) is 6.07. The van der Waals surface area contributed by atoms with Crippen LogP contribution in [0, 0.1) is 17.2 Å². The Labute approximate surface area is 209 Å². The van der Waals surface area contributed by atoms with Gasteiger partial charge in [0.1, 0.15) is 23.1 Å². The van der Waals surface area contributed by atoms with Gasteiger partial charge in [0.15, 0.2) is 0 Å². The zero-order valence-corrected chi connectivity index (χ0v) is 20.8. The summed E-state index contributed by atoms with van der Waals surface area (Å²) in [6.45, 7) is 2.58. The van der Waals surface area contributed by atoms with E-state index < -0.39 is 0 Å². The van der Waals surface area contributed by atoms with Gasteiger partial charge in [-0.05, 0) is 63.2 Å². The predicted octanol–water partition coefficient (Wildman–Crippen LogP) is 5.89. The second kappa shape index (κ2) is 10.6. The van der Waals surface area contributed by atoms with Crippen LogP contribution in [-0.2, 0) is 0 Å². The minimum Gasteiger partial charge on any atom is -0.497 e. The molecule has 178 valence electrons. The quantitative estimate of drug-likeness (QED) is 0.432. The van der Waals surface area contributed by atoms with Crippen LogP contribution in [0.2, 0.25) is 10.0 Å². The number of ether oxygens (including phenoxy) is 3. The molecule has 1 fully saturated rings. The summed E-state index contributed by atoms with van der Waals surface area (Å²) < 4.78 is 16.9. The Morgan fingerprint density at radius 2 is 1.88 bits per heavy atom. The Kier molecular flexibility index (Phi) is 7.52. The largest absolute Gasteiger partial charge is 0.497 e. The number of aromatic nitrogens is 1. The Balaban J connectivity index is 1.77. The molecule has 34 heavy (non-hydrogen) atoms. The summed E-state index contributed by atoms with van der Waals surface area (Å²) in [4.78, 5) is 6.97. The van der Waals surface area contributed by atoms with Crippen molar-refractivity contribution >= 4 is 45.5 Å². The van der Waals surface area contributed by atoms with E-state index in [9.17, 15) is 5.26 Å². The third-order valence-corrected chi connectivity index (χ3v) is 6.67. The van der Waals surface area contributed by atoms with Crippen molar-refractivity contribution in [3.63, 3.8) is 0 Å². The highest BCUT2D eigenvalue weighted by molar-refractivity contribution is 6.37. The SMILES string of the molecule is COc1ccc2nc(OCC3CCN(C)CC3)c(C#N)c(Nc3cc(OC)c(Cl)cc3Cl)c2c1. The molecular formula is C25H26Cl2N4O3. The summed E-state index contributed by atoms with van der Waals surface area (Å²) in [6, 6.07) is 11.0. The molecule has 9 heteroatoms. The smallest absolute Gasteiger partial charge is 0.234 e. The molecule has 1 N–H and O–H groups in total. The number of fused-ring (bicyclic) bond motifs is 1. The first kappa shape index (κ1) is 24.2. The molecule has 7 nitrogen and oxygen atoms in total. The molecule has 1 aliphatic heterocycles. The van der Waals surface area contributed by atoms with E-state index in [2.05, 4.69) is 28.3 Å². The minimum absolute atomic E-state index is 0.290. The topological polar surface area (TPSA) is 79.6 Å². The van der Waals surface area contributed by atoms with E-state index in [4.69, 9.17) is 37.4 Å². The van der Waals surface area contributed by atoms with Crippen LogP contribution in [0.1, 0.15) is 18.4 Å². The summed E-state index contributed by atoms with van der Waals surface area (Å²) in [7, 11) is 5.24. The first-order valence-corrected chi connectivity index (χ1v) is 11.7. The molecule has 2 aromatic carbocycles. The average molecular weight is 501 g/mol. The molecule has 0 bridgehead atoms. The van der Waals surface area contributed by atoms with E-state index in [0.717, 1.165) is 25.9 Å². The number of nitrogens with zero attached hydrogens (tertiary/aromatic N) is 3. The van der Waals surface area contributed by atoms with Gasteiger partial charge < -0.3 is 24.4 Å². The number of hydrogen-bond acceptors (Lipinski definition) is 7. The van der Waals surface area contributed by atoms with E-state index in [-0.39, 0.29) is 0 Å². The summed E-state index contributed by atoms with van der Waals surface area (Å²) in [5, 5.41) is 14.9. The number of methoxy groups -OCH3 is 2. The number of nitrogens with one attached hydrogen (secondary N) is 1. The van der Waals surface area contributed by atoms with Gasteiger partial charge in [0.25, 0.3) is 0 Å². The van der Waals surface area contributed by atoms with Gasteiger partial charge in [-0.3, -0.25) is 0 Å². The van der Waals surface area contributed by atoms with Crippen LogP contribution in [0.3, 0.4) is 0 Å². The van der Waals surface area contributed by atoms with Crippen molar-refractivity contribution in [2.45, 2.75) is 12.8 Å². The molecule has 1 saturated heterocycles. The number of benzene rings is 2. The maximum atomic E-state index is 10.1. The molecule has 0 saturated carbocycles. The van der Waals surface area contributed by atoms with Crippen LogP contribution in [0.5, 0.6) is 17.4 Å². The molecule has 0 atom stereocenters. The highest BCUT2D eigenvalue weighted by Gasteiger charge is 2.22. The molecular weight excluding hydrogens is 475 g/mol. The summed E-state index contributed by atoms with van der Waals surface area (Å²) in [5.74, 6) is 1.81. The standard InChI is InChI=1S/C25H26Cl2N4O3/c1-31-8-6-15(7-9-31)14-34-25-18(13-28)24(17-10-16(32-2)4-5-21(17)30-25)29-22-12-23(33-3)20(27)11-19(22)26/h4-5,10-12,15H,6-9,14H2,1-3H3,(H,29,30). The number of piperidine rings is 1. The first-order chi connectivity index (χ1) is 16.4. The highest BCUT2D eigenvalue weighted by Crippen LogP contribution is 2.40. The fourth-order valence-corrected chi connectivity index (χ4v) is 4.53. The molecule has 4 rings (SSSR count). The van der Waals surface area contributed by atoms with E-state index in [0.29, 0.717) is 67.8 Å². The van der Waals surface area contributed by atoms with Gasteiger partial charge >= 0.3 is 0 Å². The number of hydrogen-bond donors (Lipinski definition) is 1. The lowest BCUT2D eigenvalue weighted by Gasteiger charge is -2.28. The van der Waals surface area contributed by atoms with E-state index >= 15 is 0 Å². The number of rotatable bonds is 7. The van der Waals surface area contributed by atoms with Crippen LogP contribution in [0.15, 0.2) is 30.3 Å². The molecule has 1 aromatic heterocycles. The van der Waals surface area contributed by atoms with E-state index in [1.54, 1.807) is 19.2 Å². The van der Waals surface area contributed by atoms with Gasteiger partial charge in [-0.2, -0.15) is 5.26 Å². The van der Waals surface area contributed by atoms with E-state index in [1.807, 2.05) is 18.2 Å². The maximum absolute atomic E-state index is 10.1. The average Bonchev–Trinajstić information content (AvgIpc) is 2.84. The normalized spacial score (nSPS) is 14.6. The van der Waals surface area contributed by atoms with Crippen molar-refractivity contribution in [2.75, 3.05) is 46.3 Å². The van der Waals surface area contributed by atoms with Crippen molar-refractivity contribution in [1.82, 2.24) is 9.88 Å². The predicted molar refractivity (Wildman–Crippen MR) is 135 cm³/mol. The number of halogens is 2. The number of likely N-dealkylation sites (tertiary alicyclic amines) is 1. The Bertz CT molecular complexity index is 1240. The van der Waals surface area contributed by atoms with Gasteiger partial charge in [-0.25, -0.2) is 4.98 Å². The second-order valence-electron chi connectivity index (χ2n) is 8.31. The van der Waals surface area contributed by atoms with Gasteiger partial charge in [-0.15, -0.1) is 0 Å². The number of pyridine rings is 1. The Morgan fingerprint density at radius 3 is 2.56 bits per heavy atom. The molecule has 0 aliphatic carbocycles. The molecule has 0 radical (unpaired) electrons. The lowest BCUT2D eigenvalue weighted by molar-refractivity contribution is 0.157. The van der Waals surface area contributed by atoms with Crippen LogP contribution in [0.4, 0.5) is 11.4 Å². The zero-order valence-electron chi connectivity index (χ0n) is 19.3. The highest BCUT2D eigenvalue weighted by atomic mass is 35.5. The molecule has 0 amide bonds. The van der Waals surface area contributed by atoms with Crippen molar-refractivity contribution in [1.29, 1.82) is 5.26 Å². The minimum atomic E-state index is 0.290.